The summed E-state index contributed by atoms with van der Waals surface area (Å²) in [4.78, 5) is 0. The van der Waals surface area contributed by atoms with E-state index in [9.17, 15) is 0 Å². The Kier molecular flexibility index (Phi) is 5.78. The predicted molar refractivity (Wildman–Crippen MR) is 183 cm³/mol. The van der Waals surface area contributed by atoms with Gasteiger partial charge in [-0.1, -0.05) is 0 Å². The maximum atomic E-state index is 2.78. The summed E-state index contributed by atoms with van der Waals surface area (Å²) in [6, 6.07) is 27.9. The van der Waals surface area contributed by atoms with Gasteiger partial charge in [-0.3, -0.25) is 0 Å². The van der Waals surface area contributed by atoms with Crippen LogP contribution in [0.5, 0.6) is 0 Å². The van der Waals surface area contributed by atoms with Gasteiger partial charge in [-0.15, -0.1) is 0 Å². The van der Waals surface area contributed by atoms with Gasteiger partial charge in [0.2, 0.25) is 0 Å². The molecule has 0 nitrogen and oxygen atoms in total. The Morgan fingerprint density at radius 3 is 1.39 bits per heavy atom. The fourth-order valence-electron chi connectivity index (χ4n) is 8.34. The molecule has 0 saturated carbocycles. The Morgan fingerprint density at radius 1 is 0.585 bits per heavy atom. The van der Waals surface area contributed by atoms with E-state index in [0.29, 0.717) is 7.35 Å². The van der Waals surface area contributed by atoms with E-state index in [0.717, 1.165) is 0 Å². The average molecular weight is 721 g/mol. The zero-order valence-electron chi connectivity index (χ0n) is 26.3. The SMILES string of the molecule is C[CH2][Hf]([CH3])([CH3])([CH3])(=[SiH2])([CH]1C=Cc2c(-c3cc(C)ccc3C)cccc21)[CH]1C=Cc2c(-c3cc(C)ccc3C)cccc21. The summed E-state index contributed by atoms with van der Waals surface area (Å²) in [5.41, 5.74) is 16.7. The number of benzene rings is 4. The van der Waals surface area contributed by atoms with Crippen LogP contribution in [0.4, 0.5) is 0 Å². The molecule has 4 aromatic carbocycles. The average Bonchev–Trinajstić information content (AvgIpc) is 3.58. The number of rotatable bonds is 5. The third-order valence-corrected chi connectivity index (χ3v) is 61.6. The van der Waals surface area contributed by atoms with E-state index in [4.69, 9.17) is 0 Å². The summed E-state index contributed by atoms with van der Waals surface area (Å²) in [5.74, 6) is 0. The molecule has 0 heterocycles. The topological polar surface area (TPSA) is 0 Å². The van der Waals surface area contributed by atoms with Gasteiger partial charge in [-0.05, 0) is 0 Å². The molecule has 0 amide bonds. The van der Waals surface area contributed by atoms with E-state index >= 15 is 0 Å². The normalized spacial score (nSPS) is 20.1. The second kappa shape index (κ2) is 8.29. The summed E-state index contributed by atoms with van der Waals surface area (Å²) in [6.07, 6.45) is 10.2. The summed E-state index contributed by atoms with van der Waals surface area (Å²) >= 11 is -4.82. The first-order chi connectivity index (χ1) is 19.1. The van der Waals surface area contributed by atoms with Crippen LogP contribution in [-0.4, -0.2) is 6.94 Å². The molecular weight excluding hydrogens is 675 g/mol. The fourth-order valence-corrected chi connectivity index (χ4v) is 39.3. The van der Waals surface area contributed by atoms with E-state index in [1.165, 1.54) is 70.9 Å². The number of hydrogen-bond acceptors (Lipinski definition) is 0. The van der Waals surface area contributed by atoms with Crippen molar-refractivity contribution in [1.29, 1.82) is 0 Å². The van der Waals surface area contributed by atoms with E-state index < -0.39 is 14.2 Å². The van der Waals surface area contributed by atoms with E-state index in [1.54, 1.807) is 0 Å². The van der Waals surface area contributed by atoms with Gasteiger partial charge in [0.25, 0.3) is 0 Å². The molecule has 0 spiro atoms. The van der Waals surface area contributed by atoms with Gasteiger partial charge in [0.15, 0.2) is 0 Å². The van der Waals surface area contributed by atoms with Crippen LogP contribution in [0.15, 0.2) is 84.9 Å². The minimum absolute atomic E-state index is 0.424. The third-order valence-electron chi connectivity index (χ3n) is 12.1. The Hall–Kier alpha value is -2.55. The van der Waals surface area contributed by atoms with E-state index in [1.807, 2.05) is 0 Å². The van der Waals surface area contributed by atoms with Crippen molar-refractivity contribution in [3.05, 3.63) is 129 Å². The van der Waals surface area contributed by atoms with Crippen molar-refractivity contribution in [2.45, 2.75) is 60.2 Å². The van der Waals surface area contributed by atoms with Crippen molar-refractivity contribution in [2.75, 3.05) is 0 Å². The van der Waals surface area contributed by atoms with Crippen molar-refractivity contribution >= 4 is 19.1 Å². The number of aryl methyl sites for hydroxylation is 4. The summed E-state index contributed by atoms with van der Waals surface area (Å²) in [7, 11) is 0. The van der Waals surface area contributed by atoms with Gasteiger partial charge in [-0.2, -0.15) is 0 Å². The number of hydrogen-bond donors (Lipinski definition) is 0. The standard InChI is InChI=1S/2C17H15.C2H5.3CH3.Hf.H2Si/c2*1-12-9-10-13(2)17(11-12)16-8-4-6-14-5-3-7-15(14)16;1-2;;;;;/h2*3-11H,1-2H3;1H2,2H3;3*1H3;;1H2. The molecule has 2 aliphatic carbocycles. The van der Waals surface area contributed by atoms with Crippen LogP contribution in [0.1, 0.15) is 58.8 Å². The minimum atomic E-state index is -4.82. The molecule has 0 N–H and O–H groups in total. The zero-order chi connectivity index (χ0) is 29.5. The predicted octanol–water partition coefficient (Wildman–Crippen LogP) is 11.0. The van der Waals surface area contributed by atoms with Gasteiger partial charge in [0.1, 0.15) is 0 Å². The van der Waals surface area contributed by atoms with Gasteiger partial charge in [0.05, 0.1) is 0 Å². The van der Waals surface area contributed by atoms with Crippen molar-refractivity contribution < 1.29 is 14.2 Å². The van der Waals surface area contributed by atoms with Crippen LogP contribution in [0.3, 0.4) is 0 Å². The Balaban J connectivity index is 1.57. The molecule has 2 aliphatic rings. The van der Waals surface area contributed by atoms with Gasteiger partial charge in [0, 0.05) is 0 Å². The van der Waals surface area contributed by atoms with Crippen molar-refractivity contribution in [3.63, 3.8) is 0 Å². The van der Waals surface area contributed by atoms with Crippen LogP contribution in [0.2, 0.25) is 18.2 Å². The fraction of sp³-hybridized carbons (Fsp3) is 0.282. The third kappa shape index (κ3) is 4.08. The van der Waals surface area contributed by atoms with Gasteiger partial charge < -0.3 is 0 Å². The first-order valence-electron chi connectivity index (χ1n) is 15.4. The molecule has 0 aromatic heterocycles. The molecule has 2 atom stereocenters. The van der Waals surface area contributed by atoms with Crippen LogP contribution in [0, 0.1) is 27.7 Å². The molecule has 210 valence electrons. The quantitative estimate of drug-likeness (QED) is 0.180. The Labute approximate surface area is 243 Å². The van der Waals surface area contributed by atoms with Crippen molar-refractivity contribution in [2.24, 2.45) is 0 Å². The molecule has 0 radical (unpaired) electrons. The molecule has 2 unspecified atom stereocenters. The summed E-state index contributed by atoms with van der Waals surface area (Å²) < 4.78 is 10.4. The Morgan fingerprint density at radius 2 is 1.00 bits per heavy atom. The zero-order valence-corrected chi connectivity index (χ0v) is 31.3. The number of allylic oxidation sites excluding steroid dienone is 2. The molecule has 4 aromatic rings. The molecular formula is C39H46HfSi. The Bertz CT molecular complexity index is 1830. The van der Waals surface area contributed by atoms with Crippen LogP contribution in [0.25, 0.3) is 34.4 Å². The van der Waals surface area contributed by atoms with Crippen LogP contribution >= 0.6 is 0 Å². The summed E-state index contributed by atoms with van der Waals surface area (Å²) in [5, 5.41) is 0. The van der Waals surface area contributed by atoms with Crippen LogP contribution in [-0.2, 0) is 14.2 Å². The first kappa shape index (κ1) is 28.6. The summed E-state index contributed by atoms with van der Waals surface area (Å²) in [6.45, 7) is 13.9. The molecule has 0 bridgehead atoms. The molecule has 6 rings (SSSR count). The van der Waals surface area contributed by atoms with Gasteiger partial charge in [-0.25, -0.2) is 0 Å². The van der Waals surface area contributed by atoms with Crippen molar-refractivity contribution in [1.82, 2.24) is 0 Å². The molecule has 0 saturated heterocycles. The van der Waals surface area contributed by atoms with E-state index in [2.05, 4.69) is 153 Å². The second-order valence-electron chi connectivity index (χ2n) is 16.9. The molecule has 0 aliphatic heterocycles. The molecule has 0 fully saturated rings. The van der Waals surface area contributed by atoms with Crippen molar-refractivity contribution in [3.8, 4) is 22.3 Å². The molecule has 2 heteroatoms. The number of fused-ring (bicyclic) bond motifs is 2. The van der Waals surface area contributed by atoms with Gasteiger partial charge >= 0.3 is 245 Å². The van der Waals surface area contributed by atoms with E-state index in [-0.39, 0.29) is 0 Å². The molecule has 41 heavy (non-hydrogen) atoms. The van der Waals surface area contributed by atoms with Crippen LogP contribution < -0.4 is 0 Å². The first-order valence-corrected chi connectivity index (χ1v) is 41.2. The monoisotopic (exact) mass is 722 g/mol. The second-order valence-corrected chi connectivity index (χ2v) is 99.3. The maximum absolute atomic E-state index is 4.82.